The molecule has 0 aliphatic carbocycles. The maximum Gasteiger partial charge on any atom is 0.325 e. The molecule has 2 heterocycles. The first-order valence-corrected chi connectivity index (χ1v) is 8.18. The van der Waals surface area contributed by atoms with Crippen molar-refractivity contribution in [1.29, 1.82) is 0 Å². The van der Waals surface area contributed by atoms with Gasteiger partial charge < -0.3 is 15.2 Å². The zero-order valence-electron chi connectivity index (χ0n) is 14.4. The summed E-state index contributed by atoms with van der Waals surface area (Å²) < 4.78 is 0. The van der Waals surface area contributed by atoms with Crippen molar-refractivity contribution in [2.75, 3.05) is 13.1 Å². The van der Waals surface area contributed by atoms with Gasteiger partial charge in [0, 0.05) is 0 Å². The third-order valence-corrected chi connectivity index (χ3v) is 4.14. The highest BCUT2D eigenvalue weighted by Gasteiger charge is 2.29. The number of H-pyrrole nitrogens is 1. The summed E-state index contributed by atoms with van der Waals surface area (Å²) in [5, 5.41) is 5.06. The minimum absolute atomic E-state index is 0.0947. The molecule has 0 radical (unpaired) electrons. The van der Waals surface area contributed by atoms with Gasteiger partial charge in [0.05, 0.1) is 17.1 Å². The Morgan fingerprint density at radius 2 is 2.12 bits per heavy atom. The van der Waals surface area contributed by atoms with Crippen LogP contribution >= 0.6 is 0 Å². The Morgan fingerprint density at radius 1 is 1.36 bits per heavy atom. The summed E-state index contributed by atoms with van der Waals surface area (Å²) in [5.41, 5.74) is 2.88. The van der Waals surface area contributed by atoms with Crippen molar-refractivity contribution in [3.05, 3.63) is 29.6 Å². The number of rotatable bonds is 5. The molecule has 1 aliphatic heterocycles. The lowest BCUT2D eigenvalue weighted by atomic mass is 10.0. The number of nitrogens with one attached hydrogen (secondary N) is 3. The third-order valence-electron chi connectivity index (χ3n) is 4.14. The second-order valence-electron chi connectivity index (χ2n) is 6.64. The molecule has 2 aromatic rings. The Morgan fingerprint density at radius 3 is 2.76 bits per heavy atom. The number of hydrogen-bond donors (Lipinski definition) is 3. The summed E-state index contributed by atoms with van der Waals surface area (Å²) in [6.07, 6.45) is 0. The van der Waals surface area contributed by atoms with Crippen LogP contribution in [0.1, 0.15) is 31.3 Å². The zero-order chi connectivity index (χ0) is 18.1. The molecule has 1 fully saturated rings. The highest BCUT2D eigenvalue weighted by atomic mass is 16.2. The lowest BCUT2D eigenvalue weighted by Crippen LogP contribution is -2.41. The molecule has 1 aromatic heterocycles. The molecule has 1 atom stereocenters. The Hall–Kier alpha value is -2.90. The lowest BCUT2D eigenvalue weighted by molar-refractivity contribution is -0.123. The molecule has 1 saturated heterocycles. The number of aryl methyl sites for hydroxylation is 1. The Balaban J connectivity index is 1.75. The Labute approximate surface area is 145 Å². The fraction of sp³-hybridized carbons (Fsp3) is 0.412. The van der Waals surface area contributed by atoms with Crippen molar-refractivity contribution < 1.29 is 14.4 Å². The summed E-state index contributed by atoms with van der Waals surface area (Å²) in [7, 11) is 0. The van der Waals surface area contributed by atoms with Gasteiger partial charge in [-0.1, -0.05) is 19.9 Å². The summed E-state index contributed by atoms with van der Waals surface area (Å²) in [6, 6.07) is 5.07. The molecule has 4 amide bonds. The van der Waals surface area contributed by atoms with E-state index in [9.17, 15) is 14.4 Å². The maximum atomic E-state index is 12.3. The molecule has 0 saturated carbocycles. The molecule has 25 heavy (non-hydrogen) atoms. The van der Waals surface area contributed by atoms with E-state index in [-0.39, 0.29) is 31.0 Å². The molecule has 8 nitrogen and oxygen atoms in total. The molecule has 0 bridgehead atoms. The molecule has 3 rings (SSSR count). The predicted molar refractivity (Wildman–Crippen MR) is 91.7 cm³/mol. The van der Waals surface area contributed by atoms with E-state index in [2.05, 4.69) is 20.6 Å². The Bertz CT molecular complexity index is 842. The maximum absolute atomic E-state index is 12.3. The van der Waals surface area contributed by atoms with E-state index in [1.807, 2.05) is 39.0 Å². The third kappa shape index (κ3) is 3.62. The van der Waals surface area contributed by atoms with Crippen molar-refractivity contribution in [2.45, 2.75) is 26.8 Å². The van der Waals surface area contributed by atoms with Gasteiger partial charge in [0.1, 0.15) is 18.9 Å². The molecular formula is C17H21N5O3. The number of imidazole rings is 1. The highest BCUT2D eigenvalue weighted by molar-refractivity contribution is 6.03. The predicted octanol–water partition coefficient (Wildman–Crippen LogP) is 1.24. The van der Waals surface area contributed by atoms with Crippen LogP contribution in [0.4, 0.5) is 4.79 Å². The fourth-order valence-corrected chi connectivity index (χ4v) is 2.84. The van der Waals surface area contributed by atoms with E-state index in [4.69, 9.17) is 0 Å². The normalized spacial score (nSPS) is 15.8. The number of nitrogens with zero attached hydrogens (tertiary/aromatic N) is 2. The number of aromatic nitrogens is 2. The monoisotopic (exact) mass is 343 g/mol. The van der Waals surface area contributed by atoms with Gasteiger partial charge in [-0.05, 0) is 30.5 Å². The molecule has 1 aromatic carbocycles. The van der Waals surface area contributed by atoms with Crippen molar-refractivity contribution in [2.24, 2.45) is 5.92 Å². The van der Waals surface area contributed by atoms with Crippen molar-refractivity contribution >= 4 is 28.9 Å². The average molecular weight is 343 g/mol. The van der Waals surface area contributed by atoms with Gasteiger partial charge in [-0.3, -0.25) is 14.9 Å². The second kappa shape index (κ2) is 6.54. The van der Waals surface area contributed by atoms with Crippen LogP contribution in [0.3, 0.4) is 0 Å². The van der Waals surface area contributed by atoms with Crippen molar-refractivity contribution in [3.63, 3.8) is 0 Å². The number of carbonyl (C=O) groups is 3. The number of urea groups is 1. The summed E-state index contributed by atoms with van der Waals surface area (Å²) >= 11 is 0. The largest absolute Gasteiger partial charge is 0.344 e. The van der Waals surface area contributed by atoms with E-state index in [1.165, 1.54) is 4.90 Å². The first-order valence-electron chi connectivity index (χ1n) is 8.18. The van der Waals surface area contributed by atoms with Crippen LogP contribution in [0, 0.1) is 12.8 Å². The van der Waals surface area contributed by atoms with Gasteiger partial charge in [0.2, 0.25) is 11.8 Å². The quantitative estimate of drug-likeness (QED) is 0.710. The number of carbonyl (C=O) groups excluding carboxylic acids is 3. The summed E-state index contributed by atoms with van der Waals surface area (Å²) in [4.78, 5) is 44.1. The lowest BCUT2D eigenvalue weighted by Gasteiger charge is -2.22. The minimum Gasteiger partial charge on any atom is -0.344 e. The van der Waals surface area contributed by atoms with Crippen LogP contribution in [0.15, 0.2) is 18.2 Å². The first kappa shape index (κ1) is 16.9. The van der Waals surface area contributed by atoms with Crippen molar-refractivity contribution in [1.82, 2.24) is 25.5 Å². The number of fused-ring (bicyclic) bond motifs is 1. The average Bonchev–Trinajstić information content (AvgIpc) is 3.07. The molecule has 132 valence electrons. The van der Waals surface area contributed by atoms with Crippen LogP contribution in [0.5, 0.6) is 0 Å². The number of amides is 4. The molecule has 1 aliphatic rings. The van der Waals surface area contributed by atoms with Gasteiger partial charge in [-0.25, -0.2) is 9.78 Å². The van der Waals surface area contributed by atoms with Gasteiger partial charge in [0.25, 0.3) is 0 Å². The van der Waals surface area contributed by atoms with E-state index >= 15 is 0 Å². The van der Waals surface area contributed by atoms with Gasteiger partial charge >= 0.3 is 6.03 Å². The topological polar surface area (TPSA) is 107 Å². The molecule has 0 spiro atoms. The molecular weight excluding hydrogens is 322 g/mol. The van der Waals surface area contributed by atoms with Crippen molar-refractivity contribution in [3.8, 4) is 0 Å². The van der Waals surface area contributed by atoms with E-state index in [0.29, 0.717) is 5.82 Å². The van der Waals surface area contributed by atoms with E-state index in [0.717, 1.165) is 16.6 Å². The number of imide groups is 1. The zero-order valence-corrected chi connectivity index (χ0v) is 14.4. The number of hydrogen-bond acceptors (Lipinski definition) is 4. The second-order valence-corrected chi connectivity index (χ2v) is 6.64. The molecule has 8 heteroatoms. The van der Waals surface area contributed by atoms with Gasteiger partial charge in [-0.15, -0.1) is 0 Å². The molecule has 3 N–H and O–H groups in total. The first-order chi connectivity index (χ1) is 11.8. The van der Waals surface area contributed by atoms with Gasteiger partial charge in [0.15, 0.2) is 0 Å². The number of benzene rings is 1. The number of aromatic amines is 1. The minimum atomic E-state index is -0.541. The standard InChI is InChI=1S/C17H21N5O3/c1-9(2)15(16-18-11-5-4-10(3)6-12(11)19-16)20-13(23)7-22-8-14(24)21-17(22)25/h4-6,9,15H,7-8H2,1-3H3,(H,18,19)(H,20,23)(H,21,24,25). The highest BCUT2D eigenvalue weighted by Crippen LogP contribution is 2.22. The van der Waals surface area contributed by atoms with Crippen LogP contribution in [-0.2, 0) is 9.59 Å². The smallest absolute Gasteiger partial charge is 0.325 e. The van der Waals surface area contributed by atoms with Crippen LogP contribution < -0.4 is 10.6 Å². The summed E-state index contributed by atoms with van der Waals surface area (Å²) in [6.45, 7) is 5.71. The van der Waals surface area contributed by atoms with Crippen LogP contribution in [0.2, 0.25) is 0 Å². The van der Waals surface area contributed by atoms with E-state index in [1.54, 1.807) is 0 Å². The Kier molecular flexibility index (Phi) is 4.43. The fourth-order valence-electron chi connectivity index (χ4n) is 2.84. The van der Waals surface area contributed by atoms with Crippen LogP contribution in [0.25, 0.3) is 11.0 Å². The van der Waals surface area contributed by atoms with E-state index < -0.39 is 11.9 Å². The summed E-state index contributed by atoms with van der Waals surface area (Å²) in [5.74, 6) is 0.0385. The van der Waals surface area contributed by atoms with Gasteiger partial charge in [-0.2, -0.15) is 0 Å². The molecule has 1 unspecified atom stereocenters. The SMILES string of the molecule is Cc1ccc2nc(C(NC(=O)CN3CC(=O)NC3=O)C(C)C)[nH]c2c1. The van der Waals surface area contributed by atoms with Crippen LogP contribution in [-0.4, -0.2) is 45.8 Å².